The van der Waals surface area contributed by atoms with Crippen LogP contribution in [0.5, 0.6) is 0 Å². The van der Waals surface area contributed by atoms with E-state index < -0.39 is 0 Å². The Bertz CT molecular complexity index is 356. The van der Waals surface area contributed by atoms with Gasteiger partial charge in [0.25, 0.3) is 0 Å². The summed E-state index contributed by atoms with van der Waals surface area (Å²) in [4.78, 5) is 10.2. The van der Waals surface area contributed by atoms with Crippen LogP contribution in [0.4, 0.5) is 0 Å². The van der Waals surface area contributed by atoms with Crippen LogP contribution in [-0.4, -0.2) is 6.29 Å². The quantitative estimate of drug-likeness (QED) is 0.550. The minimum absolute atomic E-state index is 0.762. The summed E-state index contributed by atoms with van der Waals surface area (Å²) in [7, 11) is 0. The molecule has 2 rings (SSSR count). The van der Waals surface area contributed by atoms with E-state index in [1.54, 1.807) is 0 Å². The number of carbonyl (C=O) groups is 1. The first kappa shape index (κ1) is 11.1. The van der Waals surface area contributed by atoms with Gasteiger partial charge in [0.2, 0.25) is 0 Å². The molecule has 1 nitrogen and oxygen atoms in total. The molecule has 0 aliphatic heterocycles. The standard InChI is InChI=1S/C15H18O/c16-12-4-5-13-8-10-15(11-9-13)14-6-2-1-3-7-14/h4-5,8-12,14H,1-3,6-7H2/b5-4+. The highest BCUT2D eigenvalue weighted by molar-refractivity contribution is 5.73. The van der Waals surface area contributed by atoms with E-state index >= 15 is 0 Å². The fourth-order valence-corrected chi connectivity index (χ4v) is 2.47. The second-order valence-electron chi connectivity index (χ2n) is 4.50. The van der Waals surface area contributed by atoms with Gasteiger partial charge in [-0.2, -0.15) is 0 Å². The van der Waals surface area contributed by atoms with E-state index in [1.165, 1.54) is 43.7 Å². The molecule has 1 saturated carbocycles. The summed E-state index contributed by atoms with van der Waals surface area (Å²) >= 11 is 0. The van der Waals surface area contributed by atoms with Crippen LogP contribution in [0.15, 0.2) is 30.3 Å². The molecule has 1 heteroatoms. The Morgan fingerprint density at radius 1 is 1.00 bits per heavy atom. The Morgan fingerprint density at radius 3 is 2.31 bits per heavy atom. The molecular formula is C15H18O. The SMILES string of the molecule is O=C/C=C/c1ccc(C2CCCCC2)cc1. The predicted molar refractivity (Wildman–Crippen MR) is 67.4 cm³/mol. The van der Waals surface area contributed by atoms with Crippen molar-refractivity contribution in [2.24, 2.45) is 0 Å². The van der Waals surface area contributed by atoms with E-state index in [1.807, 2.05) is 6.08 Å². The normalized spacial score (nSPS) is 17.8. The lowest BCUT2D eigenvalue weighted by atomic mass is 9.84. The lowest BCUT2D eigenvalue weighted by molar-refractivity contribution is -0.104. The topological polar surface area (TPSA) is 17.1 Å². The highest BCUT2D eigenvalue weighted by atomic mass is 16.1. The summed E-state index contributed by atoms with van der Waals surface area (Å²) in [6, 6.07) is 8.62. The average molecular weight is 214 g/mol. The molecule has 0 N–H and O–H groups in total. The Morgan fingerprint density at radius 2 is 1.69 bits per heavy atom. The van der Waals surface area contributed by atoms with Crippen molar-refractivity contribution in [2.75, 3.05) is 0 Å². The van der Waals surface area contributed by atoms with Crippen molar-refractivity contribution in [3.8, 4) is 0 Å². The molecule has 0 atom stereocenters. The number of rotatable bonds is 3. The Balaban J connectivity index is 2.05. The van der Waals surface area contributed by atoms with Crippen LogP contribution < -0.4 is 0 Å². The van der Waals surface area contributed by atoms with Gasteiger partial charge in [0.05, 0.1) is 0 Å². The summed E-state index contributed by atoms with van der Waals surface area (Å²) in [5.74, 6) is 0.762. The number of hydrogen-bond acceptors (Lipinski definition) is 1. The van der Waals surface area contributed by atoms with E-state index in [0.717, 1.165) is 17.8 Å². The van der Waals surface area contributed by atoms with Gasteiger partial charge in [-0.3, -0.25) is 4.79 Å². The van der Waals surface area contributed by atoms with Gasteiger partial charge < -0.3 is 0 Å². The monoisotopic (exact) mass is 214 g/mol. The van der Waals surface area contributed by atoms with E-state index in [2.05, 4.69) is 24.3 Å². The van der Waals surface area contributed by atoms with Crippen molar-refractivity contribution < 1.29 is 4.79 Å². The van der Waals surface area contributed by atoms with Gasteiger partial charge in [-0.05, 0) is 36.0 Å². The van der Waals surface area contributed by atoms with Crippen LogP contribution in [-0.2, 0) is 4.79 Å². The van der Waals surface area contributed by atoms with Gasteiger partial charge >= 0.3 is 0 Å². The first-order valence-electron chi connectivity index (χ1n) is 6.12. The van der Waals surface area contributed by atoms with Crippen LogP contribution in [0.3, 0.4) is 0 Å². The van der Waals surface area contributed by atoms with Crippen LogP contribution in [0.2, 0.25) is 0 Å². The molecule has 0 amide bonds. The third-order valence-corrected chi connectivity index (χ3v) is 3.38. The number of aldehydes is 1. The molecule has 0 aromatic heterocycles. The van der Waals surface area contributed by atoms with Crippen molar-refractivity contribution in [1.29, 1.82) is 0 Å². The minimum atomic E-state index is 0.762. The number of allylic oxidation sites excluding steroid dienone is 1. The number of benzene rings is 1. The predicted octanol–water partition coefficient (Wildman–Crippen LogP) is 3.95. The summed E-state index contributed by atoms with van der Waals surface area (Å²) in [5.41, 5.74) is 2.56. The Labute approximate surface area is 97.2 Å². The van der Waals surface area contributed by atoms with Crippen molar-refractivity contribution in [3.05, 3.63) is 41.5 Å². The summed E-state index contributed by atoms with van der Waals surface area (Å²) in [6.07, 6.45) is 11.0. The van der Waals surface area contributed by atoms with E-state index in [4.69, 9.17) is 0 Å². The van der Waals surface area contributed by atoms with Gasteiger partial charge in [0, 0.05) is 0 Å². The lowest BCUT2D eigenvalue weighted by Crippen LogP contribution is -2.04. The Kier molecular flexibility index (Phi) is 3.92. The van der Waals surface area contributed by atoms with Gasteiger partial charge in [-0.25, -0.2) is 0 Å². The molecule has 1 aromatic carbocycles. The molecule has 1 aromatic rings. The van der Waals surface area contributed by atoms with Crippen LogP contribution >= 0.6 is 0 Å². The van der Waals surface area contributed by atoms with E-state index in [0.29, 0.717) is 0 Å². The molecule has 0 radical (unpaired) electrons. The van der Waals surface area contributed by atoms with E-state index in [9.17, 15) is 4.79 Å². The molecule has 0 spiro atoms. The molecule has 1 fully saturated rings. The summed E-state index contributed by atoms with van der Waals surface area (Å²) < 4.78 is 0. The third-order valence-electron chi connectivity index (χ3n) is 3.38. The second kappa shape index (κ2) is 5.64. The third kappa shape index (κ3) is 2.82. The van der Waals surface area contributed by atoms with Crippen molar-refractivity contribution in [1.82, 2.24) is 0 Å². The van der Waals surface area contributed by atoms with Gasteiger partial charge in [0.1, 0.15) is 6.29 Å². The smallest absolute Gasteiger partial charge is 0.142 e. The maximum absolute atomic E-state index is 10.2. The highest BCUT2D eigenvalue weighted by Crippen LogP contribution is 2.32. The molecule has 0 unspecified atom stereocenters. The second-order valence-corrected chi connectivity index (χ2v) is 4.50. The zero-order valence-corrected chi connectivity index (χ0v) is 9.56. The largest absolute Gasteiger partial charge is 0.299 e. The molecule has 1 aliphatic carbocycles. The zero-order chi connectivity index (χ0) is 11.2. The Hall–Kier alpha value is -1.37. The molecule has 84 valence electrons. The fourth-order valence-electron chi connectivity index (χ4n) is 2.47. The fraction of sp³-hybridized carbons (Fsp3) is 0.400. The van der Waals surface area contributed by atoms with Crippen LogP contribution in [0.1, 0.15) is 49.1 Å². The lowest BCUT2D eigenvalue weighted by Gasteiger charge is -2.21. The average Bonchev–Trinajstić information content (AvgIpc) is 2.38. The molecule has 0 bridgehead atoms. The molecule has 0 saturated heterocycles. The van der Waals surface area contributed by atoms with Crippen LogP contribution in [0, 0.1) is 0 Å². The van der Waals surface area contributed by atoms with Gasteiger partial charge in [0.15, 0.2) is 0 Å². The van der Waals surface area contributed by atoms with Crippen molar-refractivity contribution >= 4 is 12.4 Å². The maximum Gasteiger partial charge on any atom is 0.142 e. The molecule has 0 heterocycles. The molecule has 1 aliphatic rings. The van der Waals surface area contributed by atoms with Gasteiger partial charge in [-0.15, -0.1) is 0 Å². The summed E-state index contributed by atoms with van der Waals surface area (Å²) in [5, 5.41) is 0. The first-order valence-corrected chi connectivity index (χ1v) is 6.12. The zero-order valence-electron chi connectivity index (χ0n) is 9.56. The molecular weight excluding hydrogens is 196 g/mol. The maximum atomic E-state index is 10.2. The first-order chi connectivity index (χ1) is 7.90. The number of carbonyl (C=O) groups excluding carboxylic acids is 1. The van der Waals surface area contributed by atoms with E-state index in [-0.39, 0.29) is 0 Å². The van der Waals surface area contributed by atoms with Crippen molar-refractivity contribution in [3.63, 3.8) is 0 Å². The summed E-state index contributed by atoms with van der Waals surface area (Å²) in [6.45, 7) is 0. The number of hydrogen-bond donors (Lipinski definition) is 0. The van der Waals surface area contributed by atoms with Gasteiger partial charge in [-0.1, -0.05) is 49.6 Å². The minimum Gasteiger partial charge on any atom is -0.299 e. The van der Waals surface area contributed by atoms with Crippen LogP contribution in [0.25, 0.3) is 6.08 Å². The highest BCUT2D eigenvalue weighted by Gasteiger charge is 2.14. The van der Waals surface area contributed by atoms with Crippen molar-refractivity contribution in [2.45, 2.75) is 38.0 Å². The molecule has 16 heavy (non-hydrogen) atoms.